The largest absolute Gasteiger partial charge is 0.452 e. The Balaban J connectivity index is 1.65. The maximum absolute atomic E-state index is 12.8. The first-order valence-electron chi connectivity index (χ1n) is 8.73. The Morgan fingerprint density at radius 1 is 1.17 bits per heavy atom. The minimum atomic E-state index is -3.76. The maximum atomic E-state index is 12.8. The number of sulfonamides is 1. The molecular formula is C18H17Cl2N3O6S. The summed E-state index contributed by atoms with van der Waals surface area (Å²) in [7, 11) is -3.76. The first kappa shape index (κ1) is 22.4. The zero-order valence-corrected chi connectivity index (χ0v) is 17.8. The molecule has 1 amide bonds. The molecule has 160 valence electrons. The van der Waals surface area contributed by atoms with Crippen molar-refractivity contribution in [1.29, 1.82) is 0 Å². The molecule has 1 aromatic heterocycles. The molecule has 0 radical (unpaired) electrons. The van der Waals surface area contributed by atoms with E-state index in [4.69, 9.17) is 32.7 Å². The third-order valence-electron chi connectivity index (χ3n) is 4.12. The van der Waals surface area contributed by atoms with E-state index < -0.39 is 28.5 Å². The van der Waals surface area contributed by atoms with E-state index in [0.29, 0.717) is 13.2 Å². The zero-order valence-electron chi connectivity index (χ0n) is 15.5. The van der Waals surface area contributed by atoms with Crippen molar-refractivity contribution in [1.82, 2.24) is 9.29 Å². The Kier molecular flexibility index (Phi) is 7.27. The molecule has 1 aliphatic rings. The summed E-state index contributed by atoms with van der Waals surface area (Å²) in [6.07, 6.45) is 1.22. The molecule has 1 aromatic carbocycles. The van der Waals surface area contributed by atoms with Crippen molar-refractivity contribution >= 4 is 50.8 Å². The van der Waals surface area contributed by atoms with Crippen LogP contribution >= 0.6 is 23.2 Å². The molecule has 3 rings (SSSR count). The third-order valence-corrected chi connectivity index (χ3v) is 6.56. The highest BCUT2D eigenvalue weighted by Crippen LogP contribution is 2.27. The highest BCUT2D eigenvalue weighted by Gasteiger charge is 2.27. The van der Waals surface area contributed by atoms with E-state index in [0.717, 1.165) is 0 Å². The lowest BCUT2D eigenvalue weighted by molar-refractivity contribution is -0.119. The number of hydrogen-bond donors (Lipinski definition) is 1. The number of morpholine rings is 1. The molecule has 0 atom stereocenters. The number of nitrogens with one attached hydrogen (secondary N) is 1. The number of nitrogens with zero attached hydrogens (tertiary/aromatic N) is 2. The number of amides is 1. The summed E-state index contributed by atoms with van der Waals surface area (Å²) in [5, 5.41) is 2.80. The van der Waals surface area contributed by atoms with Crippen molar-refractivity contribution in [2.45, 2.75) is 4.90 Å². The van der Waals surface area contributed by atoms with E-state index >= 15 is 0 Å². The topological polar surface area (TPSA) is 115 Å². The number of carbonyl (C=O) groups is 2. The summed E-state index contributed by atoms with van der Waals surface area (Å²) in [6, 6.07) is 6.81. The van der Waals surface area contributed by atoms with Crippen LogP contribution in [-0.4, -0.2) is 62.5 Å². The van der Waals surface area contributed by atoms with Gasteiger partial charge >= 0.3 is 5.97 Å². The normalized spacial score (nSPS) is 14.9. The molecule has 0 bridgehead atoms. The number of pyridine rings is 1. The summed E-state index contributed by atoms with van der Waals surface area (Å²) in [5.41, 5.74) is 0.212. The fourth-order valence-corrected chi connectivity index (χ4v) is 4.31. The van der Waals surface area contributed by atoms with E-state index in [9.17, 15) is 18.0 Å². The summed E-state index contributed by atoms with van der Waals surface area (Å²) in [6.45, 7) is 0.498. The predicted octanol–water partition coefficient (Wildman–Crippen LogP) is 2.20. The van der Waals surface area contributed by atoms with Gasteiger partial charge in [0.2, 0.25) is 10.0 Å². The zero-order chi connectivity index (χ0) is 21.7. The van der Waals surface area contributed by atoms with Crippen LogP contribution in [0.2, 0.25) is 10.2 Å². The van der Waals surface area contributed by atoms with E-state index in [1.807, 2.05) is 0 Å². The molecule has 0 spiro atoms. The average Bonchev–Trinajstić information content (AvgIpc) is 2.74. The Morgan fingerprint density at radius 2 is 1.90 bits per heavy atom. The van der Waals surface area contributed by atoms with Crippen LogP contribution in [0, 0.1) is 0 Å². The van der Waals surface area contributed by atoms with Crippen LogP contribution in [0.4, 0.5) is 5.69 Å². The summed E-state index contributed by atoms with van der Waals surface area (Å²) < 4.78 is 36.9. The average molecular weight is 474 g/mol. The summed E-state index contributed by atoms with van der Waals surface area (Å²) in [4.78, 5) is 27.8. The van der Waals surface area contributed by atoms with Gasteiger partial charge in [0.25, 0.3) is 5.91 Å². The molecule has 30 heavy (non-hydrogen) atoms. The maximum Gasteiger partial charge on any atom is 0.340 e. The van der Waals surface area contributed by atoms with Gasteiger partial charge in [-0.25, -0.2) is 18.2 Å². The van der Waals surface area contributed by atoms with Gasteiger partial charge in [-0.3, -0.25) is 4.79 Å². The second-order valence-corrected chi connectivity index (χ2v) is 8.88. The van der Waals surface area contributed by atoms with Gasteiger partial charge in [-0.1, -0.05) is 23.2 Å². The van der Waals surface area contributed by atoms with Crippen molar-refractivity contribution in [3.05, 3.63) is 52.3 Å². The number of carbonyl (C=O) groups excluding carboxylic acids is 2. The van der Waals surface area contributed by atoms with Crippen LogP contribution in [-0.2, 0) is 24.3 Å². The number of halogens is 2. The number of rotatable bonds is 6. The lowest BCUT2D eigenvalue weighted by Gasteiger charge is -2.26. The molecule has 2 heterocycles. The fourth-order valence-electron chi connectivity index (χ4n) is 2.59. The van der Waals surface area contributed by atoms with E-state index in [-0.39, 0.29) is 39.4 Å². The smallest absolute Gasteiger partial charge is 0.340 e. The number of esters is 1. The first-order valence-corrected chi connectivity index (χ1v) is 10.9. The molecular weight excluding hydrogens is 457 g/mol. The minimum Gasteiger partial charge on any atom is -0.452 e. The standard InChI is InChI=1S/C18H17Cl2N3O6S/c19-14-3-2-13(30(26,27)23-5-7-28-8-6-23)9-15(14)22-17(24)11-29-18(25)12-1-4-16(20)21-10-12/h1-4,9-10H,5-8,11H2,(H,22,24). The van der Waals surface area contributed by atoms with Crippen LogP contribution in [0.1, 0.15) is 10.4 Å². The molecule has 2 aromatic rings. The van der Waals surface area contributed by atoms with Gasteiger partial charge < -0.3 is 14.8 Å². The summed E-state index contributed by atoms with van der Waals surface area (Å²) in [5.74, 6) is -1.45. The molecule has 1 fully saturated rings. The molecule has 1 saturated heterocycles. The number of anilines is 1. The second kappa shape index (κ2) is 9.71. The lowest BCUT2D eigenvalue weighted by atomic mass is 10.3. The molecule has 0 unspecified atom stereocenters. The van der Waals surface area contributed by atoms with E-state index in [1.54, 1.807) is 0 Å². The Hall–Kier alpha value is -2.24. The van der Waals surface area contributed by atoms with Crippen LogP contribution in [0.25, 0.3) is 0 Å². The van der Waals surface area contributed by atoms with Gasteiger partial charge in [-0.05, 0) is 30.3 Å². The predicted molar refractivity (Wildman–Crippen MR) is 109 cm³/mol. The van der Waals surface area contributed by atoms with E-state index in [2.05, 4.69) is 10.3 Å². The Bertz CT molecular complexity index is 1040. The SMILES string of the molecule is O=C(COC(=O)c1ccc(Cl)nc1)Nc1cc(S(=O)(=O)N2CCOCC2)ccc1Cl. The number of benzene rings is 1. The van der Waals surface area contributed by atoms with Crippen LogP contribution in [0.3, 0.4) is 0 Å². The minimum absolute atomic E-state index is 0.0201. The van der Waals surface area contributed by atoms with Crippen molar-refractivity contribution in [2.75, 3.05) is 38.2 Å². The van der Waals surface area contributed by atoms with Crippen molar-refractivity contribution in [3.8, 4) is 0 Å². The van der Waals surface area contributed by atoms with Gasteiger partial charge in [0, 0.05) is 19.3 Å². The van der Waals surface area contributed by atoms with Crippen molar-refractivity contribution in [2.24, 2.45) is 0 Å². The number of ether oxygens (including phenoxy) is 2. The van der Waals surface area contributed by atoms with Gasteiger partial charge in [0.15, 0.2) is 6.61 Å². The monoisotopic (exact) mass is 473 g/mol. The van der Waals surface area contributed by atoms with Gasteiger partial charge in [0.05, 0.1) is 34.4 Å². The van der Waals surface area contributed by atoms with Crippen molar-refractivity contribution in [3.63, 3.8) is 0 Å². The van der Waals surface area contributed by atoms with Crippen LogP contribution in [0.15, 0.2) is 41.4 Å². The van der Waals surface area contributed by atoms with Crippen molar-refractivity contribution < 1.29 is 27.5 Å². The van der Waals surface area contributed by atoms with Gasteiger partial charge in [-0.15, -0.1) is 0 Å². The fraction of sp³-hybridized carbons (Fsp3) is 0.278. The Labute approximate surface area is 182 Å². The van der Waals surface area contributed by atoms with Crippen LogP contribution in [0.5, 0.6) is 0 Å². The van der Waals surface area contributed by atoms with Gasteiger partial charge in [0.1, 0.15) is 5.15 Å². The van der Waals surface area contributed by atoms with Crippen LogP contribution < -0.4 is 5.32 Å². The highest BCUT2D eigenvalue weighted by atomic mass is 35.5. The molecule has 9 nitrogen and oxygen atoms in total. The molecule has 1 aliphatic heterocycles. The number of hydrogen-bond acceptors (Lipinski definition) is 7. The second-order valence-electron chi connectivity index (χ2n) is 6.15. The lowest BCUT2D eigenvalue weighted by Crippen LogP contribution is -2.40. The molecule has 0 saturated carbocycles. The van der Waals surface area contributed by atoms with Gasteiger partial charge in [-0.2, -0.15) is 4.31 Å². The number of aromatic nitrogens is 1. The third kappa shape index (κ3) is 5.46. The Morgan fingerprint density at radius 3 is 2.57 bits per heavy atom. The quantitative estimate of drug-likeness (QED) is 0.504. The molecule has 1 N–H and O–H groups in total. The summed E-state index contributed by atoms with van der Waals surface area (Å²) >= 11 is 11.7. The molecule has 12 heteroatoms. The molecule has 0 aliphatic carbocycles. The first-order chi connectivity index (χ1) is 14.3. The highest BCUT2D eigenvalue weighted by molar-refractivity contribution is 7.89. The van der Waals surface area contributed by atoms with E-state index in [1.165, 1.54) is 40.8 Å².